The number of hydrogen-bond acceptors (Lipinski definition) is 5. The van der Waals surface area contributed by atoms with Gasteiger partial charge in [-0.3, -0.25) is 4.79 Å². The molecular weight excluding hydrogens is 180 g/mol. The standard InChI is InChI=1S/C6H8N2OS2/c1-3-10-6-5(4(2)9)7-11-8-6/h3H2,1-2H3. The molecule has 1 aromatic heterocycles. The second kappa shape index (κ2) is 3.82. The van der Waals surface area contributed by atoms with E-state index in [0.717, 1.165) is 22.5 Å². The van der Waals surface area contributed by atoms with Crippen LogP contribution in [0.1, 0.15) is 24.3 Å². The second-order valence-corrected chi connectivity index (χ2v) is 3.69. The first kappa shape index (κ1) is 8.67. The zero-order chi connectivity index (χ0) is 8.27. The van der Waals surface area contributed by atoms with Crippen molar-refractivity contribution in [2.75, 3.05) is 5.75 Å². The number of nitrogens with zero attached hydrogens (tertiary/aromatic N) is 2. The molecule has 3 nitrogen and oxygen atoms in total. The van der Waals surface area contributed by atoms with Gasteiger partial charge in [0.15, 0.2) is 11.5 Å². The molecule has 0 aliphatic carbocycles. The van der Waals surface area contributed by atoms with E-state index in [1.54, 1.807) is 11.8 Å². The van der Waals surface area contributed by atoms with Gasteiger partial charge < -0.3 is 0 Å². The van der Waals surface area contributed by atoms with Crippen molar-refractivity contribution in [3.63, 3.8) is 0 Å². The molecule has 0 atom stereocenters. The molecule has 5 heteroatoms. The molecule has 0 amide bonds. The lowest BCUT2D eigenvalue weighted by Crippen LogP contribution is -1.94. The Bertz CT molecular complexity index is 259. The first-order valence-corrected chi connectivity index (χ1v) is 4.93. The molecule has 0 aliphatic heterocycles. The van der Waals surface area contributed by atoms with Crippen molar-refractivity contribution in [3.8, 4) is 0 Å². The fourth-order valence-corrected chi connectivity index (χ4v) is 2.09. The maximum absolute atomic E-state index is 10.9. The van der Waals surface area contributed by atoms with E-state index in [1.165, 1.54) is 6.92 Å². The topological polar surface area (TPSA) is 42.9 Å². The largest absolute Gasteiger partial charge is 0.293 e. The summed E-state index contributed by atoms with van der Waals surface area (Å²) in [6, 6.07) is 0. The molecule has 0 aliphatic rings. The van der Waals surface area contributed by atoms with Gasteiger partial charge in [-0.15, -0.1) is 11.8 Å². The Balaban J connectivity index is 2.87. The van der Waals surface area contributed by atoms with Gasteiger partial charge in [-0.2, -0.15) is 8.75 Å². The lowest BCUT2D eigenvalue weighted by Gasteiger charge is -1.91. The number of hydrogen-bond donors (Lipinski definition) is 0. The van der Waals surface area contributed by atoms with Crippen LogP contribution in [0.3, 0.4) is 0 Å². The molecule has 0 unspecified atom stereocenters. The Morgan fingerprint density at radius 3 is 2.91 bits per heavy atom. The molecule has 11 heavy (non-hydrogen) atoms. The second-order valence-electron chi connectivity index (χ2n) is 1.91. The Morgan fingerprint density at radius 2 is 2.36 bits per heavy atom. The Labute approximate surface area is 73.5 Å². The summed E-state index contributed by atoms with van der Waals surface area (Å²) in [6.07, 6.45) is 0. The van der Waals surface area contributed by atoms with Gasteiger partial charge in [0.1, 0.15) is 5.03 Å². The average molecular weight is 188 g/mol. The lowest BCUT2D eigenvalue weighted by atomic mass is 10.3. The van der Waals surface area contributed by atoms with E-state index in [0.29, 0.717) is 5.69 Å². The van der Waals surface area contributed by atoms with Gasteiger partial charge in [0.2, 0.25) is 0 Å². The van der Waals surface area contributed by atoms with E-state index >= 15 is 0 Å². The fourth-order valence-electron chi connectivity index (χ4n) is 0.627. The van der Waals surface area contributed by atoms with Crippen molar-refractivity contribution in [1.29, 1.82) is 0 Å². The molecular formula is C6H8N2OS2. The predicted molar refractivity (Wildman–Crippen MR) is 46.3 cm³/mol. The number of ketones is 1. The van der Waals surface area contributed by atoms with E-state index in [-0.39, 0.29) is 5.78 Å². The van der Waals surface area contributed by atoms with Gasteiger partial charge >= 0.3 is 0 Å². The zero-order valence-electron chi connectivity index (χ0n) is 6.33. The molecule has 1 rings (SSSR count). The molecule has 0 fully saturated rings. The van der Waals surface area contributed by atoms with Crippen LogP contribution in [0, 0.1) is 0 Å². The van der Waals surface area contributed by atoms with Crippen molar-refractivity contribution in [2.45, 2.75) is 18.9 Å². The molecule has 0 saturated heterocycles. The third-order valence-corrected chi connectivity index (χ3v) is 2.56. The molecule has 0 radical (unpaired) electrons. The van der Waals surface area contributed by atoms with Gasteiger partial charge in [-0.25, -0.2) is 0 Å². The SMILES string of the molecule is CCSc1nsnc1C(C)=O. The Hall–Kier alpha value is -0.420. The van der Waals surface area contributed by atoms with Crippen LogP contribution in [0.4, 0.5) is 0 Å². The van der Waals surface area contributed by atoms with Crippen LogP contribution in [0.25, 0.3) is 0 Å². The monoisotopic (exact) mass is 188 g/mol. The smallest absolute Gasteiger partial charge is 0.182 e. The maximum atomic E-state index is 10.9. The molecule has 0 aromatic carbocycles. The molecule has 0 bridgehead atoms. The number of thioether (sulfide) groups is 1. The summed E-state index contributed by atoms with van der Waals surface area (Å²) in [4.78, 5) is 10.9. The van der Waals surface area contributed by atoms with Gasteiger partial charge in [0.05, 0.1) is 11.7 Å². The van der Waals surface area contributed by atoms with E-state index in [4.69, 9.17) is 0 Å². The third kappa shape index (κ3) is 2.00. The van der Waals surface area contributed by atoms with E-state index in [1.807, 2.05) is 6.92 Å². The predicted octanol–water partition coefficient (Wildman–Crippen LogP) is 1.85. The molecule has 1 aromatic rings. The summed E-state index contributed by atoms with van der Waals surface area (Å²) in [7, 11) is 0. The number of carbonyl (C=O) groups is 1. The van der Waals surface area contributed by atoms with Crippen LogP contribution in [0.15, 0.2) is 5.03 Å². The van der Waals surface area contributed by atoms with E-state index < -0.39 is 0 Å². The highest BCUT2D eigenvalue weighted by atomic mass is 32.2. The number of rotatable bonds is 3. The van der Waals surface area contributed by atoms with Crippen molar-refractivity contribution in [2.24, 2.45) is 0 Å². The van der Waals surface area contributed by atoms with Crippen molar-refractivity contribution >= 4 is 29.3 Å². The Kier molecular flexibility index (Phi) is 3.02. The third-order valence-electron chi connectivity index (χ3n) is 1.07. The van der Waals surface area contributed by atoms with Crippen molar-refractivity contribution < 1.29 is 4.79 Å². The first-order valence-electron chi connectivity index (χ1n) is 3.22. The number of carbonyl (C=O) groups excluding carboxylic acids is 1. The molecule has 0 spiro atoms. The number of Topliss-reactive ketones (excluding diaryl/α,β-unsaturated/α-hetero) is 1. The summed E-state index contributed by atoms with van der Waals surface area (Å²) in [5, 5.41) is 0.769. The molecule has 0 saturated carbocycles. The van der Waals surface area contributed by atoms with Gasteiger partial charge in [0, 0.05) is 6.92 Å². The summed E-state index contributed by atoms with van der Waals surface area (Å²) in [6.45, 7) is 3.53. The minimum Gasteiger partial charge on any atom is -0.293 e. The summed E-state index contributed by atoms with van der Waals surface area (Å²) in [5.41, 5.74) is 0.516. The van der Waals surface area contributed by atoms with E-state index in [2.05, 4.69) is 8.75 Å². The van der Waals surface area contributed by atoms with Crippen LogP contribution in [-0.2, 0) is 0 Å². The van der Waals surface area contributed by atoms with Crippen molar-refractivity contribution in [1.82, 2.24) is 8.75 Å². The highest BCUT2D eigenvalue weighted by Gasteiger charge is 2.11. The van der Waals surface area contributed by atoms with Crippen LogP contribution >= 0.6 is 23.5 Å². The van der Waals surface area contributed by atoms with Gasteiger partial charge in [-0.05, 0) is 5.75 Å². The maximum Gasteiger partial charge on any atom is 0.182 e. The summed E-state index contributed by atoms with van der Waals surface area (Å²) < 4.78 is 7.89. The average Bonchev–Trinajstić information content (AvgIpc) is 2.36. The zero-order valence-corrected chi connectivity index (χ0v) is 7.96. The lowest BCUT2D eigenvalue weighted by molar-refractivity contribution is 0.101. The molecule has 0 N–H and O–H groups in total. The fraction of sp³-hybridized carbons (Fsp3) is 0.500. The Morgan fingerprint density at radius 1 is 1.64 bits per heavy atom. The first-order chi connectivity index (χ1) is 5.25. The quantitative estimate of drug-likeness (QED) is 0.536. The highest BCUT2D eigenvalue weighted by molar-refractivity contribution is 7.99. The molecule has 60 valence electrons. The van der Waals surface area contributed by atoms with Crippen LogP contribution in [-0.4, -0.2) is 20.3 Å². The normalized spacial score (nSPS) is 10.0. The minimum atomic E-state index is -0.00491. The summed E-state index contributed by atoms with van der Waals surface area (Å²) >= 11 is 2.65. The highest BCUT2D eigenvalue weighted by Crippen LogP contribution is 2.19. The van der Waals surface area contributed by atoms with E-state index in [9.17, 15) is 4.79 Å². The minimum absolute atomic E-state index is 0.00491. The van der Waals surface area contributed by atoms with Crippen LogP contribution in [0.5, 0.6) is 0 Å². The van der Waals surface area contributed by atoms with Crippen molar-refractivity contribution in [3.05, 3.63) is 5.69 Å². The van der Waals surface area contributed by atoms with Gasteiger partial charge in [0.25, 0.3) is 0 Å². The van der Waals surface area contributed by atoms with Gasteiger partial charge in [-0.1, -0.05) is 6.92 Å². The molecule has 1 heterocycles. The van der Waals surface area contributed by atoms with Crippen LogP contribution in [0.2, 0.25) is 0 Å². The van der Waals surface area contributed by atoms with Crippen LogP contribution < -0.4 is 0 Å². The number of aromatic nitrogens is 2. The summed E-state index contributed by atoms with van der Waals surface area (Å²) in [5.74, 6) is 0.917.